The number of anilines is 1. The Morgan fingerprint density at radius 3 is 2.30 bits per heavy atom. The Morgan fingerprint density at radius 1 is 1.04 bits per heavy atom. The van der Waals surface area contributed by atoms with Crippen molar-refractivity contribution in [3.05, 3.63) is 53.6 Å². The third-order valence-corrected chi connectivity index (χ3v) is 3.33. The number of hydrogen-bond donors (Lipinski definition) is 1. The van der Waals surface area contributed by atoms with Gasteiger partial charge in [-0.25, -0.2) is 0 Å². The maximum Gasteiger partial charge on any atom is 0.228 e. The van der Waals surface area contributed by atoms with E-state index >= 15 is 0 Å². The van der Waals surface area contributed by atoms with Crippen LogP contribution in [0.1, 0.15) is 11.1 Å². The van der Waals surface area contributed by atoms with E-state index in [0.29, 0.717) is 23.6 Å². The minimum atomic E-state index is -0.120. The van der Waals surface area contributed by atoms with Crippen LogP contribution in [0.15, 0.2) is 42.5 Å². The molecule has 0 saturated carbocycles. The fourth-order valence-electron chi connectivity index (χ4n) is 2.18. The largest absolute Gasteiger partial charge is 0.493 e. The minimum Gasteiger partial charge on any atom is -0.493 e. The van der Waals surface area contributed by atoms with Crippen LogP contribution in [0.5, 0.6) is 11.5 Å². The van der Waals surface area contributed by atoms with Crippen LogP contribution >= 0.6 is 0 Å². The molecule has 0 saturated heterocycles. The molecule has 0 aliphatic carbocycles. The molecule has 2 rings (SSSR count). The van der Waals surface area contributed by atoms with Crippen molar-refractivity contribution in [1.82, 2.24) is 0 Å². The van der Waals surface area contributed by atoms with Crippen molar-refractivity contribution >= 4 is 11.6 Å². The lowest BCUT2D eigenvalue weighted by Crippen LogP contribution is -2.14. The van der Waals surface area contributed by atoms with E-state index in [0.717, 1.165) is 11.1 Å². The van der Waals surface area contributed by atoms with Gasteiger partial charge in [0.25, 0.3) is 0 Å². The van der Waals surface area contributed by atoms with E-state index in [2.05, 4.69) is 11.4 Å². The zero-order valence-electron chi connectivity index (χ0n) is 13.1. The molecule has 2 aromatic rings. The molecule has 0 aliphatic heterocycles. The molecule has 0 aliphatic rings. The second-order valence-electron chi connectivity index (χ2n) is 4.95. The van der Waals surface area contributed by atoms with Crippen molar-refractivity contribution in [3.8, 4) is 17.6 Å². The maximum atomic E-state index is 12.1. The van der Waals surface area contributed by atoms with Gasteiger partial charge in [0.15, 0.2) is 11.5 Å². The van der Waals surface area contributed by atoms with Crippen LogP contribution in [0.3, 0.4) is 0 Å². The van der Waals surface area contributed by atoms with Crippen molar-refractivity contribution < 1.29 is 14.3 Å². The molecule has 0 unspecified atom stereocenters. The lowest BCUT2D eigenvalue weighted by atomic mass is 10.1. The van der Waals surface area contributed by atoms with E-state index in [9.17, 15) is 4.79 Å². The fourth-order valence-corrected chi connectivity index (χ4v) is 2.18. The van der Waals surface area contributed by atoms with Crippen LogP contribution in [0.25, 0.3) is 0 Å². The number of benzene rings is 2. The standard InChI is InChI=1S/C18H18N2O3/c1-22-16-8-5-14(11-17(16)23-2)12-18(21)20-15-6-3-13(4-7-15)9-10-19/h3-8,11H,9,12H2,1-2H3,(H,20,21). The van der Waals surface area contributed by atoms with Crippen LogP contribution in [0.4, 0.5) is 5.69 Å². The summed E-state index contributed by atoms with van der Waals surface area (Å²) in [4.78, 5) is 12.1. The van der Waals surface area contributed by atoms with Crippen molar-refractivity contribution in [2.45, 2.75) is 12.8 Å². The summed E-state index contributed by atoms with van der Waals surface area (Å²) in [6, 6.07) is 14.7. The Kier molecular flexibility index (Phi) is 5.59. The van der Waals surface area contributed by atoms with Crippen molar-refractivity contribution in [1.29, 1.82) is 5.26 Å². The zero-order chi connectivity index (χ0) is 16.7. The van der Waals surface area contributed by atoms with Crippen LogP contribution < -0.4 is 14.8 Å². The number of ether oxygens (including phenoxy) is 2. The topological polar surface area (TPSA) is 71.3 Å². The third kappa shape index (κ3) is 4.48. The van der Waals surface area contributed by atoms with Crippen LogP contribution in [0.2, 0.25) is 0 Å². The molecular weight excluding hydrogens is 292 g/mol. The summed E-state index contributed by atoms with van der Waals surface area (Å²) in [5, 5.41) is 11.5. The van der Waals surface area contributed by atoms with Crippen LogP contribution in [0, 0.1) is 11.3 Å². The molecule has 0 aromatic heterocycles. The van der Waals surface area contributed by atoms with Gasteiger partial charge in [-0.1, -0.05) is 18.2 Å². The number of nitrogens with one attached hydrogen (secondary N) is 1. The molecule has 23 heavy (non-hydrogen) atoms. The van der Waals surface area contributed by atoms with Gasteiger partial charge in [0.05, 0.1) is 33.1 Å². The number of nitrogens with zero attached hydrogens (tertiary/aromatic N) is 1. The number of amides is 1. The summed E-state index contributed by atoms with van der Waals surface area (Å²) in [6.07, 6.45) is 0.597. The predicted molar refractivity (Wildman–Crippen MR) is 87.6 cm³/mol. The maximum absolute atomic E-state index is 12.1. The summed E-state index contributed by atoms with van der Waals surface area (Å²) in [7, 11) is 3.13. The molecule has 1 N–H and O–H groups in total. The Hall–Kier alpha value is -3.00. The number of nitriles is 1. The monoisotopic (exact) mass is 310 g/mol. The summed E-state index contributed by atoms with van der Waals surface area (Å²) >= 11 is 0. The molecule has 2 aromatic carbocycles. The highest BCUT2D eigenvalue weighted by atomic mass is 16.5. The first-order valence-electron chi connectivity index (χ1n) is 7.13. The van der Waals surface area contributed by atoms with Gasteiger partial charge in [0, 0.05) is 5.69 Å². The summed E-state index contributed by atoms with van der Waals surface area (Å²) < 4.78 is 10.4. The molecule has 118 valence electrons. The van der Waals surface area contributed by atoms with E-state index < -0.39 is 0 Å². The highest BCUT2D eigenvalue weighted by Crippen LogP contribution is 2.27. The molecule has 0 fully saturated rings. The Balaban J connectivity index is 2.00. The van der Waals surface area contributed by atoms with Gasteiger partial charge in [-0.2, -0.15) is 5.26 Å². The summed E-state index contributed by atoms with van der Waals surface area (Å²) in [5.74, 6) is 1.11. The van der Waals surface area contributed by atoms with E-state index in [1.807, 2.05) is 18.2 Å². The van der Waals surface area contributed by atoms with Gasteiger partial charge in [0.2, 0.25) is 5.91 Å². The second-order valence-corrected chi connectivity index (χ2v) is 4.95. The van der Waals surface area contributed by atoms with E-state index in [-0.39, 0.29) is 12.3 Å². The number of carbonyl (C=O) groups is 1. The van der Waals surface area contributed by atoms with E-state index in [1.54, 1.807) is 38.5 Å². The molecule has 5 heteroatoms. The lowest BCUT2D eigenvalue weighted by molar-refractivity contribution is -0.115. The normalized spacial score (nSPS) is 9.78. The Bertz CT molecular complexity index is 718. The molecule has 0 spiro atoms. The van der Waals surface area contributed by atoms with Crippen LogP contribution in [-0.4, -0.2) is 20.1 Å². The van der Waals surface area contributed by atoms with Gasteiger partial charge >= 0.3 is 0 Å². The van der Waals surface area contributed by atoms with Gasteiger partial charge < -0.3 is 14.8 Å². The van der Waals surface area contributed by atoms with Crippen molar-refractivity contribution in [3.63, 3.8) is 0 Å². The highest BCUT2D eigenvalue weighted by Gasteiger charge is 2.08. The van der Waals surface area contributed by atoms with E-state index in [4.69, 9.17) is 14.7 Å². The van der Waals surface area contributed by atoms with Crippen molar-refractivity contribution in [2.75, 3.05) is 19.5 Å². The first-order chi connectivity index (χ1) is 11.2. The summed E-state index contributed by atoms with van der Waals surface area (Å²) in [6.45, 7) is 0. The predicted octanol–water partition coefficient (Wildman–Crippen LogP) is 2.95. The second kappa shape index (κ2) is 7.85. The summed E-state index contributed by atoms with van der Waals surface area (Å²) in [5.41, 5.74) is 2.46. The molecule has 1 amide bonds. The average Bonchev–Trinajstić information content (AvgIpc) is 2.56. The number of methoxy groups -OCH3 is 2. The number of rotatable bonds is 6. The third-order valence-electron chi connectivity index (χ3n) is 3.33. The van der Waals surface area contributed by atoms with Gasteiger partial charge in [-0.05, 0) is 35.4 Å². The molecular formula is C18H18N2O3. The van der Waals surface area contributed by atoms with Crippen molar-refractivity contribution in [2.24, 2.45) is 0 Å². The quantitative estimate of drug-likeness (QED) is 0.890. The van der Waals surface area contributed by atoms with Gasteiger partial charge in [0.1, 0.15) is 0 Å². The first-order valence-corrected chi connectivity index (χ1v) is 7.13. The lowest BCUT2D eigenvalue weighted by Gasteiger charge is -2.10. The SMILES string of the molecule is COc1ccc(CC(=O)Nc2ccc(CC#N)cc2)cc1OC. The molecule has 0 bridgehead atoms. The minimum absolute atomic E-state index is 0.120. The zero-order valence-corrected chi connectivity index (χ0v) is 13.1. The number of hydrogen-bond acceptors (Lipinski definition) is 4. The van der Waals surface area contributed by atoms with Crippen LogP contribution in [-0.2, 0) is 17.6 Å². The Labute approximate surface area is 135 Å². The molecule has 0 heterocycles. The fraction of sp³-hybridized carbons (Fsp3) is 0.222. The molecule has 5 nitrogen and oxygen atoms in total. The molecule has 0 radical (unpaired) electrons. The average molecular weight is 310 g/mol. The smallest absolute Gasteiger partial charge is 0.228 e. The molecule has 0 atom stereocenters. The highest BCUT2D eigenvalue weighted by molar-refractivity contribution is 5.92. The van der Waals surface area contributed by atoms with Gasteiger partial charge in [-0.3, -0.25) is 4.79 Å². The van der Waals surface area contributed by atoms with E-state index in [1.165, 1.54) is 0 Å². The first kappa shape index (κ1) is 16.4. The number of carbonyl (C=O) groups excluding carboxylic acids is 1. The van der Waals surface area contributed by atoms with Gasteiger partial charge in [-0.15, -0.1) is 0 Å². The Morgan fingerprint density at radius 2 is 1.70 bits per heavy atom.